The summed E-state index contributed by atoms with van der Waals surface area (Å²) in [6.45, 7) is 3.03. The van der Waals surface area contributed by atoms with Gasteiger partial charge in [-0.25, -0.2) is 13.4 Å². The molecule has 1 fully saturated rings. The van der Waals surface area contributed by atoms with Crippen LogP contribution in [0.25, 0.3) is 0 Å². The lowest BCUT2D eigenvalue weighted by atomic mass is 10.0. The van der Waals surface area contributed by atoms with Crippen LogP contribution in [0, 0.1) is 0 Å². The van der Waals surface area contributed by atoms with Gasteiger partial charge in [-0.05, 0) is 36.3 Å². The van der Waals surface area contributed by atoms with Gasteiger partial charge in [-0.3, -0.25) is 4.79 Å². The monoisotopic (exact) mass is 461 g/mol. The molecule has 4 rings (SSSR count). The molecule has 1 atom stereocenters. The second kappa shape index (κ2) is 8.97. The quantitative estimate of drug-likeness (QED) is 0.507. The number of benzene rings is 1. The summed E-state index contributed by atoms with van der Waals surface area (Å²) in [6.07, 6.45) is 4.03. The second-order valence-electron chi connectivity index (χ2n) is 7.09. The Morgan fingerprint density at radius 1 is 1.27 bits per heavy atom. The molecule has 1 aromatic carbocycles. The number of nitrogens with zero attached hydrogens (tertiary/aromatic N) is 2. The van der Waals surface area contributed by atoms with Gasteiger partial charge in [0.05, 0.1) is 11.1 Å². The summed E-state index contributed by atoms with van der Waals surface area (Å²) in [5, 5.41) is 5.65. The van der Waals surface area contributed by atoms with E-state index in [-0.39, 0.29) is 11.8 Å². The van der Waals surface area contributed by atoms with Crippen LogP contribution in [0.15, 0.2) is 52.2 Å². The van der Waals surface area contributed by atoms with Crippen molar-refractivity contribution in [3.8, 4) is 0 Å². The molecular formula is C21H23N3O3S3. The molecule has 3 heterocycles. The van der Waals surface area contributed by atoms with E-state index in [1.807, 2.05) is 31.2 Å². The number of anilines is 1. The lowest BCUT2D eigenvalue weighted by Gasteiger charge is -2.23. The molecule has 1 unspecified atom stereocenters. The third kappa shape index (κ3) is 4.20. The Morgan fingerprint density at radius 2 is 2.10 bits per heavy atom. The highest BCUT2D eigenvalue weighted by Crippen LogP contribution is 2.29. The van der Waals surface area contributed by atoms with Gasteiger partial charge < -0.3 is 5.32 Å². The minimum atomic E-state index is -3.46. The number of sulfonamides is 1. The molecule has 0 radical (unpaired) electrons. The van der Waals surface area contributed by atoms with Gasteiger partial charge in [-0.1, -0.05) is 48.6 Å². The molecule has 1 saturated heterocycles. The molecule has 30 heavy (non-hydrogen) atoms. The maximum absolute atomic E-state index is 12.9. The highest BCUT2D eigenvalue weighted by atomic mass is 32.2. The Balaban J connectivity index is 1.44. The van der Waals surface area contributed by atoms with E-state index in [1.54, 1.807) is 28.0 Å². The van der Waals surface area contributed by atoms with E-state index in [2.05, 4.69) is 10.3 Å². The van der Waals surface area contributed by atoms with Crippen LogP contribution >= 0.6 is 22.7 Å². The molecule has 158 valence electrons. The number of carbonyl (C=O) groups is 1. The van der Waals surface area contributed by atoms with Crippen molar-refractivity contribution < 1.29 is 13.2 Å². The Labute approximate surface area is 184 Å². The van der Waals surface area contributed by atoms with Crippen LogP contribution in [0.5, 0.6) is 0 Å². The zero-order chi connectivity index (χ0) is 21.1. The maximum Gasteiger partial charge on any atom is 0.252 e. The van der Waals surface area contributed by atoms with Crippen LogP contribution < -0.4 is 5.32 Å². The summed E-state index contributed by atoms with van der Waals surface area (Å²) in [6, 6.07) is 10.9. The van der Waals surface area contributed by atoms with E-state index in [9.17, 15) is 13.2 Å². The van der Waals surface area contributed by atoms with Crippen molar-refractivity contribution in [2.24, 2.45) is 0 Å². The lowest BCUT2D eigenvalue weighted by molar-refractivity contribution is 0.104. The molecule has 3 aromatic rings. The Hall–Kier alpha value is -2.07. The van der Waals surface area contributed by atoms with Crippen LogP contribution in [0.2, 0.25) is 0 Å². The molecule has 0 bridgehead atoms. The fraction of sp³-hybridized carbons (Fsp3) is 0.333. The summed E-state index contributed by atoms with van der Waals surface area (Å²) < 4.78 is 27.7. The summed E-state index contributed by atoms with van der Waals surface area (Å²) in [4.78, 5) is 17.8. The molecule has 1 aliphatic rings. The third-order valence-electron chi connectivity index (χ3n) is 5.24. The van der Waals surface area contributed by atoms with E-state index in [1.165, 1.54) is 22.7 Å². The van der Waals surface area contributed by atoms with E-state index in [4.69, 9.17) is 0 Å². The van der Waals surface area contributed by atoms with Gasteiger partial charge in [0.2, 0.25) is 5.78 Å². The smallest absolute Gasteiger partial charge is 0.252 e. The van der Waals surface area contributed by atoms with Crippen LogP contribution in [0.1, 0.15) is 40.6 Å². The standard InChI is InChI=1S/C21H23N3O3S3/c1-2-15-7-3-4-9-17(15)20(25)18-14-23-21(29-18)22-13-16-8-5-11-24(16)30(26,27)19-10-6-12-28-19/h3-4,6-7,9-10,12,14,16H,2,5,8,11,13H2,1H3,(H,22,23). The second-order valence-corrected chi connectivity index (χ2v) is 11.2. The molecule has 0 saturated carbocycles. The van der Waals surface area contributed by atoms with E-state index >= 15 is 0 Å². The number of aryl methyl sites for hydroxylation is 1. The van der Waals surface area contributed by atoms with Crippen molar-refractivity contribution in [3.05, 3.63) is 64.0 Å². The van der Waals surface area contributed by atoms with E-state index < -0.39 is 10.0 Å². The number of thiazole rings is 1. The molecule has 6 nitrogen and oxygen atoms in total. The number of rotatable bonds is 8. The Morgan fingerprint density at radius 3 is 2.87 bits per heavy atom. The lowest BCUT2D eigenvalue weighted by Crippen LogP contribution is -2.39. The first-order valence-corrected chi connectivity index (χ1v) is 13.0. The summed E-state index contributed by atoms with van der Waals surface area (Å²) in [5.41, 5.74) is 1.73. The van der Waals surface area contributed by atoms with Crippen molar-refractivity contribution in [2.75, 3.05) is 18.4 Å². The van der Waals surface area contributed by atoms with Gasteiger partial charge in [0.1, 0.15) is 4.21 Å². The first-order chi connectivity index (χ1) is 14.5. The summed E-state index contributed by atoms with van der Waals surface area (Å²) in [5.74, 6) is -0.0271. The van der Waals surface area contributed by atoms with Gasteiger partial charge in [-0.15, -0.1) is 11.3 Å². The molecule has 1 N–H and O–H groups in total. The van der Waals surface area contributed by atoms with Crippen molar-refractivity contribution in [2.45, 2.75) is 36.4 Å². The van der Waals surface area contributed by atoms with Crippen LogP contribution in [-0.4, -0.2) is 42.6 Å². The van der Waals surface area contributed by atoms with Crippen molar-refractivity contribution in [1.29, 1.82) is 0 Å². The minimum absolute atomic E-state index is 0.0271. The Kier molecular flexibility index (Phi) is 6.33. The van der Waals surface area contributed by atoms with Gasteiger partial charge in [0, 0.05) is 24.7 Å². The van der Waals surface area contributed by atoms with Crippen molar-refractivity contribution in [1.82, 2.24) is 9.29 Å². The van der Waals surface area contributed by atoms with E-state index in [0.717, 1.165) is 24.8 Å². The number of ketones is 1. The van der Waals surface area contributed by atoms with Gasteiger partial charge in [-0.2, -0.15) is 4.31 Å². The van der Waals surface area contributed by atoms with Crippen LogP contribution in [-0.2, 0) is 16.4 Å². The number of carbonyl (C=O) groups excluding carboxylic acids is 1. The first-order valence-electron chi connectivity index (χ1n) is 9.88. The van der Waals surface area contributed by atoms with E-state index in [0.29, 0.717) is 32.9 Å². The fourth-order valence-corrected chi connectivity index (χ4v) is 7.29. The van der Waals surface area contributed by atoms with Crippen LogP contribution in [0.4, 0.5) is 5.13 Å². The average Bonchev–Trinajstić information content (AvgIpc) is 3.53. The fourth-order valence-electron chi connectivity index (χ4n) is 3.70. The minimum Gasteiger partial charge on any atom is -0.360 e. The number of aromatic nitrogens is 1. The average molecular weight is 462 g/mol. The van der Waals surface area contributed by atoms with Gasteiger partial charge in [0.25, 0.3) is 10.0 Å². The molecule has 0 aliphatic carbocycles. The zero-order valence-electron chi connectivity index (χ0n) is 16.6. The number of hydrogen-bond acceptors (Lipinski definition) is 7. The van der Waals surface area contributed by atoms with Crippen molar-refractivity contribution in [3.63, 3.8) is 0 Å². The predicted molar refractivity (Wildman–Crippen MR) is 121 cm³/mol. The van der Waals surface area contributed by atoms with Gasteiger partial charge >= 0.3 is 0 Å². The number of nitrogens with one attached hydrogen (secondary N) is 1. The molecule has 2 aromatic heterocycles. The Bertz CT molecular complexity index is 1120. The normalized spacial score (nSPS) is 17.3. The highest BCUT2D eigenvalue weighted by Gasteiger charge is 2.35. The zero-order valence-corrected chi connectivity index (χ0v) is 19.0. The molecular weight excluding hydrogens is 438 g/mol. The summed E-state index contributed by atoms with van der Waals surface area (Å²) in [7, 11) is -3.46. The number of hydrogen-bond donors (Lipinski definition) is 1. The maximum atomic E-state index is 12.9. The first kappa shape index (κ1) is 21.2. The SMILES string of the molecule is CCc1ccccc1C(=O)c1cnc(NCC2CCCN2S(=O)(=O)c2cccs2)s1. The summed E-state index contributed by atoms with van der Waals surface area (Å²) >= 11 is 2.55. The largest absolute Gasteiger partial charge is 0.360 e. The molecule has 0 amide bonds. The predicted octanol–water partition coefficient (Wildman–Crippen LogP) is 4.26. The molecule has 9 heteroatoms. The topological polar surface area (TPSA) is 79.4 Å². The van der Waals surface area contributed by atoms with Crippen LogP contribution in [0.3, 0.4) is 0 Å². The molecule has 0 spiro atoms. The highest BCUT2D eigenvalue weighted by molar-refractivity contribution is 7.91. The number of thiophene rings is 1. The third-order valence-corrected chi connectivity index (χ3v) is 9.52. The van der Waals surface area contributed by atoms with Gasteiger partial charge in [0.15, 0.2) is 5.13 Å². The van der Waals surface area contributed by atoms with Crippen molar-refractivity contribution >= 4 is 43.6 Å². The molecule has 1 aliphatic heterocycles.